The van der Waals surface area contributed by atoms with E-state index in [4.69, 9.17) is 9.98 Å². The van der Waals surface area contributed by atoms with Gasteiger partial charge in [0.05, 0.1) is 17.1 Å². The summed E-state index contributed by atoms with van der Waals surface area (Å²) in [5.41, 5.74) is 8.13. The number of nitrogens with zero attached hydrogens (tertiary/aromatic N) is 2. The first-order valence-corrected chi connectivity index (χ1v) is 16.2. The van der Waals surface area contributed by atoms with Crippen LogP contribution < -0.4 is 10.6 Å². The Labute approximate surface area is 245 Å². The van der Waals surface area contributed by atoms with Gasteiger partial charge in [-0.3, -0.25) is 4.99 Å². The number of hydrogen-bond donors (Lipinski definition) is 0. The molecule has 0 spiro atoms. The summed E-state index contributed by atoms with van der Waals surface area (Å²) in [6.45, 7) is 9.79. The van der Waals surface area contributed by atoms with Crippen LogP contribution in [0.4, 0.5) is 5.69 Å². The number of benzene rings is 5. The molecular weight excluding hydrogens is 515 g/mol. The Hall–Kier alpha value is -3.87. The lowest BCUT2D eigenvalue weighted by Gasteiger charge is -2.18. The molecule has 0 amide bonds. The Morgan fingerprint density at radius 2 is 1.07 bits per heavy atom. The second-order valence-corrected chi connectivity index (χ2v) is 13.7. The summed E-state index contributed by atoms with van der Waals surface area (Å²) >= 11 is 0. The minimum Gasteiger partial charge on any atom is -0.282 e. The van der Waals surface area contributed by atoms with Gasteiger partial charge in [-0.2, -0.15) is 0 Å². The van der Waals surface area contributed by atoms with E-state index in [9.17, 15) is 0 Å². The van der Waals surface area contributed by atoms with Crippen molar-refractivity contribution in [3.8, 4) is 0 Å². The minimum atomic E-state index is -0.511. The van der Waals surface area contributed by atoms with Gasteiger partial charge in [-0.15, -0.1) is 0 Å². The van der Waals surface area contributed by atoms with Crippen molar-refractivity contribution in [1.82, 2.24) is 0 Å². The SMILES string of the molecule is CC(C)c1cccc(C(C)C)c1/N=C1/C(=N/CCP(c2ccccc2)c2ccccc2)c2cccc3cccc1c23. The Kier molecular flexibility index (Phi) is 7.95. The third-order valence-corrected chi connectivity index (χ3v) is 10.4. The molecular formula is C38H37N2P. The number of aliphatic imine (C=N–C) groups is 2. The molecule has 0 heterocycles. The molecule has 6 rings (SSSR count). The van der Waals surface area contributed by atoms with Crippen LogP contribution in [0, 0.1) is 0 Å². The molecule has 204 valence electrons. The summed E-state index contributed by atoms with van der Waals surface area (Å²) < 4.78 is 0. The molecule has 0 aliphatic heterocycles. The van der Waals surface area contributed by atoms with Crippen molar-refractivity contribution in [2.45, 2.75) is 39.5 Å². The van der Waals surface area contributed by atoms with E-state index in [1.807, 2.05) is 0 Å². The normalized spacial score (nSPS) is 14.8. The van der Waals surface area contributed by atoms with Gasteiger partial charge in [0.1, 0.15) is 0 Å². The summed E-state index contributed by atoms with van der Waals surface area (Å²) in [6.07, 6.45) is 0.992. The summed E-state index contributed by atoms with van der Waals surface area (Å²) in [7, 11) is -0.511. The first-order chi connectivity index (χ1) is 20.0. The van der Waals surface area contributed by atoms with Crippen LogP contribution in [0.2, 0.25) is 0 Å². The maximum atomic E-state index is 5.53. The van der Waals surface area contributed by atoms with Gasteiger partial charge in [-0.25, -0.2) is 4.99 Å². The Bertz CT molecular complexity index is 1660. The van der Waals surface area contributed by atoms with Crippen molar-refractivity contribution < 1.29 is 0 Å². The van der Waals surface area contributed by atoms with E-state index in [1.54, 1.807) is 0 Å². The molecule has 0 fully saturated rings. The fourth-order valence-corrected chi connectivity index (χ4v) is 8.08. The molecule has 0 saturated carbocycles. The molecule has 0 aromatic heterocycles. The van der Waals surface area contributed by atoms with Crippen LogP contribution in [-0.2, 0) is 0 Å². The zero-order valence-electron chi connectivity index (χ0n) is 24.4. The van der Waals surface area contributed by atoms with Gasteiger partial charge >= 0.3 is 0 Å². The number of para-hydroxylation sites is 1. The molecule has 0 N–H and O–H groups in total. The van der Waals surface area contributed by atoms with Gasteiger partial charge in [-0.05, 0) is 53.0 Å². The number of rotatable bonds is 8. The van der Waals surface area contributed by atoms with E-state index in [-0.39, 0.29) is 0 Å². The van der Waals surface area contributed by atoms with Gasteiger partial charge < -0.3 is 0 Å². The van der Waals surface area contributed by atoms with E-state index in [0.29, 0.717) is 11.8 Å². The first kappa shape index (κ1) is 27.3. The maximum absolute atomic E-state index is 5.53. The average molecular weight is 553 g/mol. The summed E-state index contributed by atoms with van der Waals surface area (Å²) in [4.78, 5) is 10.9. The molecule has 0 atom stereocenters. The van der Waals surface area contributed by atoms with Crippen molar-refractivity contribution >= 4 is 46.4 Å². The first-order valence-electron chi connectivity index (χ1n) is 14.7. The van der Waals surface area contributed by atoms with Gasteiger partial charge in [0.25, 0.3) is 0 Å². The average Bonchev–Trinajstić information content (AvgIpc) is 3.29. The molecule has 3 heteroatoms. The lowest BCUT2D eigenvalue weighted by Crippen LogP contribution is -2.17. The highest BCUT2D eigenvalue weighted by Gasteiger charge is 2.28. The summed E-state index contributed by atoms with van der Waals surface area (Å²) in [5.74, 6) is 0.765. The largest absolute Gasteiger partial charge is 0.282 e. The third kappa shape index (κ3) is 5.42. The van der Waals surface area contributed by atoms with Crippen molar-refractivity contribution in [3.05, 3.63) is 138 Å². The number of hydrogen-bond acceptors (Lipinski definition) is 2. The smallest absolute Gasteiger partial charge is 0.0974 e. The fraction of sp³-hybridized carbons (Fsp3) is 0.211. The van der Waals surface area contributed by atoms with Gasteiger partial charge in [0.2, 0.25) is 0 Å². The second-order valence-electron chi connectivity index (χ2n) is 11.3. The predicted molar refractivity (Wildman–Crippen MR) is 180 cm³/mol. The lowest BCUT2D eigenvalue weighted by atomic mass is 9.92. The van der Waals surface area contributed by atoms with E-state index >= 15 is 0 Å². The van der Waals surface area contributed by atoms with Crippen LogP contribution in [0.1, 0.15) is 61.8 Å². The molecule has 1 aliphatic rings. The lowest BCUT2D eigenvalue weighted by molar-refractivity contribution is 0.835. The van der Waals surface area contributed by atoms with Crippen LogP contribution in [0.25, 0.3) is 10.8 Å². The molecule has 0 radical (unpaired) electrons. The van der Waals surface area contributed by atoms with Crippen LogP contribution in [0.5, 0.6) is 0 Å². The highest BCUT2D eigenvalue weighted by Crippen LogP contribution is 2.39. The van der Waals surface area contributed by atoms with E-state index < -0.39 is 7.92 Å². The fourth-order valence-electron chi connectivity index (χ4n) is 5.90. The monoisotopic (exact) mass is 552 g/mol. The summed E-state index contributed by atoms with van der Waals surface area (Å²) in [5, 5.41) is 5.31. The van der Waals surface area contributed by atoms with Crippen LogP contribution in [-0.4, -0.2) is 24.1 Å². The minimum absolute atomic E-state index is 0.383. The third-order valence-electron chi connectivity index (χ3n) is 7.93. The van der Waals surface area contributed by atoms with E-state index in [1.165, 1.54) is 43.6 Å². The van der Waals surface area contributed by atoms with Gasteiger partial charge in [-0.1, -0.05) is 143 Å². The Balaban J connectivity index is 1.46. The molecule has 2 nitrogen and oxygen atoms in total. The quantitative estimate of drug-likeness (QED) is 0.172. The van der Waals surface area contributed by atoms with Crippen molar-refractivity contribution in [1.29, 1.82) is 0 Å². The highest BCUT2D eigenvalue weighted by atomic mass is 31.1. The van der Waals surface area contributed by atoms with Crippen LogP contribution >= 0.6 is 7.92 Å². The van der Waals surface area contributed by atoms with Crippen LogP contribution in [0.3, 0.4) is 0 Å². The Morgan fingerprint density at radius 3 is 1.61 bits per heavy atom. The zero-order chi connectivity index (χ0) is 28.3. The van der Waals surface area contributed by atoms with Crippen molar-refractivity contribution in [3.63, 3.8) is 0 Å². The topological polar surface area (TPSA) is 24.7 Å². The van der Waals surface area contributed by atoms with E-state index in [0.717, 1.165) is 29.8 Å². The summed E-state index contributed by atoms with van der Waals surface area (Å²) in [6, 6.07) is 41.7. The second kappa shape index (κ2) is 11.9. The van der Waals surface area contributed by atoms with E-state index in [2.05, 4.69) is 143 Å². The molecule has 1 aliphatic carbocycles. The zero-order valence-corrected chi connectivity index (χ0v) is 25.3. The molecule has 5 aromatic carbocycles. The molecule has 0 saturated heterocycles. The van der Waals surface area contributed by atoms with Gasteiger partial charge in [0, 0.05) is 23.1 Å². The van der Waals surface area contributed by atoms with Crippen molar-refractivity contribution in [2.75, 3.05) is 12.7 Å². The standard InChI is InChI=1S/C38H37N2P/c1-26(2)31-20-13-21-32(27(3)4)36(31)40-38-34-23-12-15-28-14-11-22-33(35(28)34)37(38)39-24-25-41(29-16-7-5-8-17-29)30-18-9-6-10-19-30/h5-23,26-27H,24-25H2,1-4H3/b39-37+,40-38+. The maximum Gasteiger partial charge on any atom is 0.0974 e. The van der Waals surface area contributed by atoms with Gasteiger partial charge in [0.15, 0.2) is 0 Å². The van der Waals surface area contributed by atoms with Crippen molar-refractivity contribution in [2.24, 2.45) is 9.98 Å². The molecule has 0 unspecified atom stereocenters. The Morgan fingerprint density at radius 1 is 0.561 bits per heavy atom. The molecule has 41 heavy (non-hydrogen) atoms. The predicted octanol–water partition coefficient (Wildman–Crippen LogP) is 9.14. The highest BCUT2D eigenvalue weighted by molar-refractivity contribution is 7.73. The molecule has 5 aromatic rings. The van der Waals surface area contributed by atoms with Crippen LogP contribution in [0.15, 0.2) is 125 Å². The molecule has 0 bridgehead atoms.